The highest BCUT2D eigenvalue weighted by atomic mass is 14.7. The van der Waals surface area contributed by atoms with Gasteiger partial charge in [0.05, 0.1) is 0 Å². The van der Waals surface area contributed by atoms with Crippen LogP contribution in [0, 0.1) is 6.92 Å². The van der Waals surface area contributed by atoms with Crippen molar-refractivity contribution in [2.75, 3.05) is 0 Å². The minimum atomic E-state index is 0.0888. The molecule has 2 rings (SSSR count). The lowest BCUT2D eigenvalue weighted by atomic mass is 10.0. The van der Waals surface area contributed by atoms with E-state index in [0.29, 0.717) is 0 Å². The van der Waals surface area contributed by atoms with E-state index in [9.17, 15) is 0 Å². The summed E-state index contributed by atoms with van der Waals surface area (Å²) in [7, 11) is 0. The third-order valence-electron chi connectivity index (χ3n) is 2.96. The largest absolute Gasteiger partial charge is 0.358 e. The zero-order chi connectivity index (χ0) is 11.0. The van der Waals surface area contributed by atoms with Crippen LogP contribution in [0.2, 0.25) is 0 Å². The fourth-order valence-electron chi connectivity index (χ4n) is 2.20. The lowest BCUT2D eigenvalue weighted by Crippen LogP contribution is -2.05. The van der Waals surface area contributed by atoms with E-state index in [-0.39, 0.29) is 6.04 Å². The van der Waals surface area contributed by atoms with E-state index in [1.165, 1.54) is 27.7 Å². The number of hydrogen-bond acceptors (Lipinski definition) is 1. The summed E-state index contributed by atoms with van der Waals surface area (Å²) in [6.45, 7) is 6.30. The average molecular weight is 202 g/mol. The Kier molecular flexibility index (Phi) is 2.53. The molecule has 0 saturated carbocycles. The number of hydrogen-bond donors (Lipinski definition) is 2. The summed E-state index contributed by atoms with van der Waals surface area (Å²) in [6.07, 6.45) is 1.07. The number of rotatable bonds is 2. The van der Waals surface area contributed by atoms with Gasteiger partial charge in [-0.3, -0.25) is 0 Å². The molecule has 0 aliphatic rings. The molecule has 0 amide bonds. The second kappa shape index (κ2) is 3.70. The number of benzene rings is 1. The number of nitrogens with two attached hydrogens (primary N) is 1. The van der Waals surface area contributed by atoms with Crippen molar-refractivity contribution in [1.29, 1.82) is 0 Å². The van der Waals surface area contributed by atoms with Gasteiger partial charge in [0.25, 0.3) is 0 Å². The predicted octanol–water partition coefficient (Wildman–Crippen LogP) is 3.06. The van der Waals surface area contributed by atoms with Crippen LogP contribution in [0.1, 0.15) is 36.7 Å². The quantitative estimate of drug-likeness (QED) is 0.772. The van der Waals surface area contributed by atoms with Crippen LogP contribution in [0.15, 0.2) is 18.2 Å². The summed E-state index contributed by atoms with van der Waals surface area (Å²) in [5, 5.41) is 1.28. The molecule has 2 aromatic rings. The van der Waals surface area contributed by atoms with Crippen molar-refractivity contribution in [3.63, 3.8) is 0 Å². The zero-order valence-corrected chi connectivity index (χ0v) is 9.59. The van der Waals surface area contributed by atoms with Crippen molar-refractivity contribution >= 4 is 10.9 Å². The van der Waals surface area contributed by atoms with Crippen LogP contribution in [0.4, 0.5) is 0 Å². The monoisotopic (exact) mass is 202 g/mol. The second-order valence-corrected chi connectivity index (χ2v) is 4.19. The molecule has 1 unspecified atom stereocenters. The van der Waals surface area contributed by atoms with Gasteiger partial charge in [-0.25, -0.2) is 0 Å². The normalized spacial score (nSPS) is 13.3. The highest BCUT2D eigenvalue weighted by molar-refractivity contribution is 5.85. The summed E-state index contributed by atoms with van der Waals surface area (Å²) in [5.74, 6) is 0. The first-order valence-electron chi connectivity index (χ1n) is 5.50. The smallest absolute Gasteiger partial charge is 0.0459 e. The molecule has 2 heteroatoms. The van der Waals surface area contributed by atoms with E-state index < -0.39 is 0 Å². The Morgan fingerprint density at radius 1 is 1.40 bits per heavy atom. The topological polar surface area (TPSA) is 41.8 Å². The molecule has 0 spiro atoms. The maximum absolute atomic E-state index is 6.00. The van der Waals surface area contributed by atoms with Gasteiger partial charge in [-0.2, -0.15) is 0 Å². The highest BCUT2D eigenvalue weighted by Gasteiger charge is 2.11. The second-order valence-electron chi connectivity index (χ2n) is 4.19. The molecule has 15 heavy (non-hydrogen) atoms. The lowest BCUT2D eigenvalue weighted by Gasteiger charge is -2.05. The fourth-order valence-corrected chi connectivity index (χ4v) is 2.20. The molecule has 1 heterocycles. The van der Waals surface area contributed by atoms with E-state index in [4.69, 9.17) is 5.73 Å². The molecule has 1 atom stereocenters. The van der Waals surface area contributed by atoms with Gasteiger partial charge in [-0.05, 0) is 43.5 Å². The lowest BCUT2D eigenvalue weighted by molar-refractivity contribution is 0.816. The van der Waals surface area contributed by atoms with Crippen LogP contribution >= 0.6 is 0 Å². The molecule has 0 fully saturated rings. The molecule has 2 nitrogen and oxygen atoms in total. The van der Waals surface area contributed by atoms with Crippen LogP contribution in [0.25, 0.3) is 10.9 Å². The Bertz CT molecular complexity index is 480. The summed E-state index contributed by atoms with van der Waals surface area (Å²) in [4.78, 5) is 3.38. The molecule has 0 bridgehead atoms. The van der Waals surface area contributed by atoms with Crippen LogP contribution in [-0.4, -0.2) is 4.98 Å². The number of aryl methyl sites for hydroxylation is 2. The van der Waals surface area contributed by atoms with Crippen molar-refractivity contribution in [1.82, 2.24) is 4.98 Å². The Hall–Kier alpha value is -1.28. The average Bonchev–Trinajstić information content (AvgIpc) is 2.52. The summed E-state index contributed by atoms with van der Waals surface area (Å²) < 4.78 is 0. The molecule has 0 aliphatic heterocycles. The third-order valence-corrected chi connectivity index (χ3v) is 2.96. The van der Waals surface area contributed by atoms with E-state index in [1.54, 1.807) is 0 Å². The Morgan fingerprint density at radius 2 is 2.13 bits per heavy atom. The van der Waals surface area contributed by atoms with Crippen LogP contribution < -0.4 is 5.73 Å². The maximum Gasteiger partial charge on any atom is 0.0459 e. The van der Waals surface area contributed by atoms with Gasteiger partial charge < -0.3 is 10.7 Å². The minimum absolute atomic E-state index is 0.0888. The number of aromatic amines is 1. The van der Waals surface area contributed by atoms with Gasteiger partial charge in [-0.15, -0.1) is 0 Å². The highest BCUT2D eigenvalue weighted by Crippen LogP contribution is 2.27. The van der Waals surface area contributed by atoms with Crippen molar-refractivity contribution in [3.8, 4) is 0 Å². The van der Waals surface area contributed by atoms with Crippen molar-refractivity contribution < 1.29 is 0 Å². The molecule has 3 N–H and O–H groups in total. The van der Waals surface area contributed by atoms with Gasteiger partial charge in [-0.1, -0.05) is 13.0 Å². The van der Waals surface area contributed by atoms with Crippen molar-refractivity contribution in [2.45, 2.75) is 33.2 Å². The van der Waals surface area contributed by atoms with E-state index in [1.807, 2.05) is 6.92 Å². The van der Waals surface area contributed by atoms with E-state index in [0.717, 1.165) is 6.42 Å². The number of fused-ring (bicyclic) bond motifs is 1. The molecular formula is C13H18N2. The molecule has 0 saturated heterocycles. The van der Waals surface area contributed by atoms with E-state index >= 15 is 0 Å². The molecule has 80 valence electrons. The SMILES string of the molecule is CCc1ccc2[nH]c(C)c(C(C)N)c2c1. The van der Waals surface area contributed by atoms with E-state index in [2.05, 4.69) is 37.0 Å². The van der Waals surface area contributed by atoms with Gasteiger partial charge in [0.1, 0.15) is 0 Å². The van der Waals surface area contributed by atoms with Gasteiger partial charge in [0.2, 0.25) is 0 Å². The Morgan fingerprint density at radius 3 is 2.73 bits per heavy atom. The van der Waals surface area contributed by atoms with Crippen molar-refractivity contribution in [3.05, 3.63) is 35.0 Å². The first kappa shape index (κ1) is 10.2. The molecule has 1 aromatic heterocycles. The first-order valence-corrected chi connectivity index (χ1v) is 5.50. The molecule has 0 aliphatic carbocycles. The number of aromatic nitrogens is 1. The number of H-pyrrole nitrogens is 1. The zero-order valence-electron chi connectivity index (χ0n) is 9.59. The summed E-state index contributed by atoms with van der Waals surface area (Å²) in [6, 6.07) is 6.65. The van der Waals surface area contributed by atoms with Gasteiger partial charge >= 0.3 is 0 Å². The first-order chi connectivity index (χ1) is 7.13. The van der Waals surface area contributed by atoms with Crippen molar-refractivity contribution in [2.24, 2.45) is 5.73 Å². The maximum atomic E-state index is 6.00. The fraction of sp³-hybridized carbons (Fsp3) is 0.385. The molecular weight excluding hydrogens is 184 g/mol. The Labute approximate surface area is 90.5 Å². The predicted molar refractivity (Wildman–Crippen MR) is 65.0 cm³/mol. The minimum Gasteiger partial charge on any atom is -0.358 e. The number of nitrogens with one attached hydrogen (secondary N) is 1. The van der Waals surface area contributed by atoms with Crippen LogP contribution in [0.5, 0.6) is 0 Å². The molecule has 0 radical (unpaired) electrons. The Balaban J connectivity index is 2.72. The molecule has 1 aromatic carbocycles. The standard InChI is InChI=1S/C13H18N2/c1-4-10-5-6-12-11(7-10)13(8(2)14)9(3)15-12/h5-8,15H,4,14H2,1-3H3. The van der Waals surface area contributed by atoms with Gasteiger partial charge in [0, 0.05) is 22.6 Å². The van der Waals surface area contributed by atoms with Gasteiger partial charge in [0.15, 0.2) is 0 Å². The van der Waals surface area contributed by atoms with Crippen LogP contribution in [-0.2, 0) is 6.42 Å². The summed E-state index contributed by atoms with van der Waals surface area (Å²) >= 11 is 0. The summed E-state index contributed by atoms with van der Waals surface area (Å²) in [5.41, 5.74) is 11.0. The third kappa shape index (κ3) is 1.65. The van der Waals surface area contributed by atoms with Crippen LogP contribution in [0.3, 0.4) is 0 Å².